The summed E-state index contributed by atoms with van der Waals surface area (Å²) in [6.07, 6.45) is 0.906. The van der Waals surface area contributed by atoms with E-state index >= 15 is 0 Å². The number of carbonyl (C=O) groups excluding carboxylic acids is 1. The van der Waals surface area contributed by atoms with Gasteiger partial charge in [-0.2, -0.15) is 5.26 Å². The van der Waals surface area contributed by atoms with Gasteiger partial charge in [0.15, 0.2) is 0 Å². The Bertz CT molecular complexity index is 243. The molecule has 4 heteroatoms. The maximum absolute atomic E-state index is 11.8. The highest BCUT2D eigenvalue weighted by Gasteiger charge is 2.15. The Kier molecular flexibility index (Phi) is 7.57. The first-order valence-corrected chi connectivity index (χ1v) is 5.88. The van der Waals surface area contributed by atoms with Gasteiger partial charge in [-0.1, -0.05) is 13.8 Å². The minimum absolute atomic E-state index is 0.124. The molecule has 0 aromatic heterocycles. The van der Waals surface area contributed by atoms with E-state index in [9.17, 15) is 4.79 Å². The summed E-state index contributed by atoms with van der Waals surface area (Å²) < 4.78 is 0. The lowest BCUT2D eigenvalue weighted by Crippen LogP contribution is -2.39. The molecule has 0 aromatic carbocycles. The van der Waals surface area contributed by atoms with E-state index in [0.29, 0.717) is 32.0 Å². The van der Waals surface area contributed by atoms with E-state index in [4.69, 9.17) is 5.26 Å². The monoisotopic (exact) mass is 225 g/mol. The molecule has 0 aliphatic carbocycles. The molecule has 4 nitrogen and oxygen atoms in total. The number of rotatable bonds is 7. The van der Waals surface area contributed by atoms with Crippen LogP contribution in [0.3, 0.4) is 0 Å². The number of nitrogens with zero attached hydrogens (tertiary/aromatic N) is 2. The maximum Gasteiger partial charge on any atom is 0.224 e. The smallest absolute Gasteiger partial charge is 0.224 e. The van der Waals surface area contributed by atoms with E-state index < -0.39 is 0 Å². The number of hydrogen-bond acceptors (Lipinski definition) is 3. The van der Waals surface area contributed by atoms with Crippen molar-refractivity contribution in [3.8, 4) is 6.07 Å². The van der Waals surface area contributed by atoms with Gasteiger partial charge in [-0.05, 0) is 13.8 Å². The second-order valence-corrected chi connectivity index (χ2v) is 4.45. The van der Waals surface area contributed by atoms with Crippen LogP contribution in [0.1, 0.15) is 40.5 Å². The van der Waals surface area contributed by atoms with Crippen LogP contribution in [-0.4, -0.2) is 36.0 Å². The molecule has 0 aromatic rings. The second kappa shape index (κ2) is 8.12. The topological polar surface area (TPSA) is 56.1 Å². The molecule has 1 amide bonds. The first-order chi connectivity index (χ1) is 7.49. The average molecular weight is 225 g/mol. The van der Waals surface area contributed by atoms with Crippen LogP contribution in [0.15, 0.2) is 0 Å². The predicted octanol–water partition coefficient (Wildman–Crippen LogP) is 1.53. The van der Waals surface area contributed by atoms with Crippen molar-refractivity contribution in [2.75, 3.05) is 13.1 Å². The molecule has 0 aliphatic rings. The molecule has 1 N–H and O–H groups in total. The van der Waals surface area contributed by atoms with Gasteiger partial charge in [0.2, 0.25) is 5.91 Å². The van der Waals surface area contributed by atoms with Gasteiger partial charge in [-0.3, -0.25) is 4.79 Å². The Balaban J connectivity index is 4.03. The van der Waals surface area contributed by atoms with Crippen LogP contribution in [0.5, 0.6) is 0 Å². The van der Waals surface area contributed by atoms with E-state index in [-0.39, 0.29) is 11.9 Å². The van der Waals surface area contributed by atoms with Crippen molar-refractivity contribution in [2.24, 2.45) is 0 Å². The van der Waals surface area contributed by atoms with Gasteiger partial charge >= 0.3 is 0 Å². The first kappa shape index (κ1) is 14.9. The number of hydrogen-bond donors (Lipinski definition) is 1. The number of amides is 1. The highest BCUT2D eigenvalue weighted by molar-refractivity contribution is 5.76. The van der Waals surface area contributed by atoms with Crippen LogP contribution in [0.25, 0.3) is 0 Å². The van der Waals surface area contributed by atoms with Crippen LogP contribution in [0.2, 0.25) is 0 Å². The lowest BCUT2D eigenvalue weighted by Gasteiger charge is -2.26. The summed E-state index contributed by atoms with van der Waals surface area (Å²) in [4.78, 5) is 13.6. The van der Waals surface area contributed by atoms with Crippen molar-refractivity contribution >= 4 is 5.91 Å². The van der Waals surface area contributed by atoms with Crippen LogP contribution >= 0.6 is 0 Å². The Morgan fingerprint density at radius 3 is 2.44 bits per heavy atom. The molecule has 0 atom stereocenters. The zero-order valence-corrected chi connectivity index (χ0v) is 10.8. The molecule has 0 aliphatic heterocycles. The molecule has 0 unspecified atom stereocenters. The number of nitrogens with one attached hydrogen (secondary N) is 1. The molecule has 0 saturated carbocycles. The van der Waals surface area contributed by atoms with Gasteiger partial charge in [-0.25, -0.2) is 0 Å². The molecule has 0 radical (unpaired) electrons. The number of carbonyl (C=O) groups is 1. The molecule has 16 heavy (non-hydrogen) atoms. The third kappa shape index (κ3) is 6.41. The van der Waals surface area contributed by atoms with Crippen LogP contribution in [-0.2, 0) is 4.79 Å². The van der Waals surface area contributed by atoms with Crippen molar-refractivity contribution in [1.29, 1.82) is 5.26 Å². The fourth-order valence-corrected chi connectivity index (χ4v) is 1.45. The van der Waals surface area contributed by atoms with E-state index in [1.165, 1.54) is 0 Å². The molecule has 0 saturated heterocycles. The lowest BCUT2D eigenvalue weighted by atomic mass is 10.2. The minimum atomic E-state index is 0.124. The van der Waals surface area contributed by atoms with Crippen molar-refractivity contribution in [3.05, 3.63) is 0 Å². The van der Waals surface area contributed by atoms with Gasteiger partial charge in [0.05, 0.1) is 12.5 Å². The third-order valence-corrected chi connectivity index (χ3v) is 2.30. The van der Waals surface area contributed by atoms with Crippen molar-refractivity contribution < 1.29 is 4.79 Å². The highest BCUT2D eigenvalue weighted by Crippen LogP contribution is 2.02. The predicted molar refractivity (Wildman–Crippen MR) is 64.8 cm³/mol. The molecule has 0 bridgehead atoms. The van der Waals surface area contributed by atoms with Gasteiger partial charge in [0, 0.05) is 31.6 Å². The molecular weight excluding hydrogens is 202 g/mol. The second-order valence-electron chi connectivity index (χ2n) is 4.45. The molecule has 0 fully saturated rings. The van der Waals surface area contributed by atoms with Crippen LogP contribution < -0.4 is 5.32 Å². The summed E-state index contributed by atoms with van der Waals surface area (Å²) in [7, 11) is 0. The Morgan fingerprint density at radius 1 is 1.38 bits per heavy atom. The van der Waals surface area contributed by atoms with Gasteiger partial charge < -0.3 is 10.2 Å². The standard InChI is InChI=1S/C12H23N3O/c1-10(2)14-8-6-12(16)15(11(3)4)9-5-7-13/h10-11,14H,5-6,8-9H2,1-4H3. The first-order valence-electron chi connectivity index (χ1n) is 5.88. The summed E-state index contributed by atoms with van der Waals surface area (Å²) in [6, 6.07) is 2.64. The zero-order chi connectivity index (χ0) is 12.6. The number of nitriles is 1. The molecule has 0 spiro atoms. The zero-order valence-electron chi connectivity index (χ0n) is 10.8. The Morgan fingerprint density at radius 2 is 2.00 bits per heavy atom. The largest absolute Gasteiger partial charge is 0.339 e. The van der Waals surface area contributed by atoms with Crippen LogP contribution in [0.4, 0.5) is 0 Å². The Labute approximate surface area is 98.6 Å². The van der Waals surface area contributed by atoms with E-state index in [1.54, 1.807) is 4.90 Å². The van der Waals surface area contributed by atoms with Gasteiger partial charge in [0.1, 0.15) is 0 Å². The summed E-state index contributed by atoms with van der Waals surface area (Å²) in [5.74, 6) is 0.124. The molecular formula is C12H23N3O. The van der Waals surface area contributed by atoms with E-state index in [0.717, 1.165) is 0 Å². The summed E-state index contributed by atoms with van der Waals surface area (Å²) in [6.45, 7) is 9.30. The minimum Gasteiger partial charge on any atom is -0.339 e. The molecule has 0 rings (SSSR count). The molecule has 92 valence electrons. The van der Waals surface area contributed by atoms with Crippen molar-refractivity contribution in [2.45, 2.75) is 52.6 Å². The third-order valence-electron chi connectivity index (χ3n) is 2.30. The lowest BCUT2D eigenvalue weighted by molar-refractivity contribution is -0.132. The fraction of sp³-hybridized carbons (Fsp3) is 0.833. The summed E-state index contributed by atoms with van der Waals surface area (Å²) in [5, 5.41) is 11.7. The normalized spacial score (nSPS) is 10.6. The highest BCUT2D eigenvalue weighted by atomic mass is 16.2. The van der Waals surface area contributed by atoms with Crippen LogP contribution in [0, 0.1) is 11.3 Å². The fourth-order valence-electron chi connectivity index (χ4n) is 1.45. The van der Waals surface area contributed by atoms with E-state index in [1.807, 2.05) is 13.8 Å². The summed E-state index contributed by atoms with van der Waals surface area (Å²) >= 11 is 0. The maximum atomic E-state index is 11.8. The average Bonchev–Trinajstić information content (AvgIpc) is 2.17. The quantitative estimate of drug-likeness (QED) is 0.715. The van der Waals surface area contributed by atoms with Crippen molar-refractivity contribution in [1.82, 2.24) is 10.2 Å². The van der Waals surface area contributed by atoms with Gasteiger partial charge in [0.25, 0.3) is 0 Å². The van der Waals surface area contributed by atoms with Crippen molar-refractivity contribution in [3.63, 3.8) is 0 Å². The molecule has 0 heterocycles. The SMILES string of the molecule is CC(C)NCCC(=O)N(CCC#N)C(C)C. The van der Waals surface area contributed by atoms with Gasteiger partial charge in [-0.15, -0.1) is 0 Å². The van der Waals surface area contributed by atoms with E-state index in [2.05, 4.69) is 25.2 Å². The Hall–Kier alpha value is -1.08. The summed E-state index contributed by atoms with van der Waals surface area (Å²) in [5.41, 5.74) is 0.